The molecule has 0 aromatic rings. The molecule has 0 saturated carbocycles. The lowest BCUT2D eigenvalue weighted by atomic mass is 10.1. The van der Waals surface area contributed by atoms with Crippen molar-refractivity contribution in [2.45, 2.75) is 31.3 Å². The molecule has 1 fully saturated rings. The van der Waals surface area contributed by atoms with Crippen molar-refractivity contribution >= 4 is 0 Å². The van der Waals surface area contributed by atoms with Gasteiger partial charge < -0.3 is 15.6 Å². The van der Waals surface area contributed by atoms with Gasteiger partial charge in [0.05, 0.1) is 12.7 Å². The smallest absolute Gasteiger partial charge is 0.382 e. The molecule has 1 aliphatic heterocycles. The Morgan fingerprint density at radius 1 is 1.56 bits per heavy atom. The van der Waals surface area contributed by atoms with Crippen LogP contribution in [0.1, 0.15) is 6.92 Å². The van der Waals surface area contributed by atoms with Crippen molar-refractivity contribution in [1.29, 1.82) is 0 Å². The van der Waals surface area contributed by atoms with E-state index in [2.05, 4.69) is 0 Å². The number of β-amino-alcohol motifs (C(OH)–C–C–N with tert-alkyl or cyclic N) is 1. The van der Waals surface area contributed by atoms with Crippen LogP contribution in [0.15, 0.2) is 0 Å². The first kappa shape index (κ1) is 13.7. The number of morpholine rings is 1. The van der Waals surface area contributed by atoms with Crippen LogP contribution in [-0.2, 0) is 4.74 Å². The monoisotopic (exact) mass is 242 g/mol. The van der Waals surface area contributed by atoms with Crippen molar-refractivity contribution in [1.82, 2.24) is 4.90 Å². The Kier molecular flexibility index (Phi) is 4.54. The van der Waals surface area contributed by atoms with Gasteiger partial charge in [0.15, 0.2) is 6.10 Å². The van der Waals surface area contributed by atoms with Crippen molar-refractivity contribution in [3.05, 3.63) is 0 Å². The minimum absolute atomic E-state index is 0.231. The van der Waals surface area contributed by atoms with E-state index >= 15 is 0 Å². The van der Waals surface area contributed by atoms with Crippen LogP contribution in [0.25, 0.3) is 0 Å². The maximum absolute atomic E-state index is 12.1. The number of aliphatic hydroxyl groups is 1. The standard InChI is InChI=1S/C9H17F3N2O2/c1-6(13)7-4-14(2-3-16-7)5-8(15)9(10,11)12/h6-8,15H,2-5,13H2,1H3. The summed E-state index contributed by atoms with van der Waals surface area (Å²) in [6, 6.07) is -0.231. The van der Waals surface area contributed by atoms with E-state index < -0.39 is 18.8 Å². The van der Waals surface area contributed by atoms with E-state index in [1.807, 2.05) is 0 Å². The van der Waals surface area contributed by atoms with Gasteiger partial charge in [-0.2, -0.15) is 13.2 Å². The number of nitrogens with zero attached hydrogens (tertiary/aromatic N) is 1. The molecular formula is C9H17F3N2O2. The van der Waals surface area contributed by atoms with Gasteiger partial charge in [-0.25, -0.2) is 0 Å². The second-order valence-electron chi connectivity index (χ2n) is 4.09. The van der Waals surface area contributed by atoms with Crippen molar-refractivity contribution < 1.29 is 23.0 Å². The zero-order valence-corrected chi connectivity index (χ0v) is 9.07. The summed E-state index contributed by atoms with van der Waals surface area (Å²) in [6.07, 6.45) is -7.14. The molecule has 0 bridgehead atoms. The van der Waals surface area contributed by atoms with Crippen LogP contribution in [0.4, 0.5) is 13.2 Å². The summed E-state index contributed by atoms with van der Waals surface area (Å²) in [4.78, 5) is 1.52. The molecule has 3 unspecified atom stereocenters. The Labute approximate surface area is 92.2 Å². The number of hydrogen-bond acceptors (Lipinski definition) is 4. The molecule has 0 aliphatic carbocycles. The third-order valence-electron chi connectivity index (χ3n) is 2.57. The van der Waals surface area contributed by atoms with Gasteiger partial charge in [0.25, 0.3) is 0 Å². The second kappa shape index (κ2) is 5.31. The summed E-state index contributed by atoms with van der Waals surface area (Å²) in [6.45, 7) is 2.38. The number of hydrogen-bond donors (Lipinski definition) is 2. The summed E-state index contributed by atoms with van der Waals surface area (Å²) in [7, 11) is 0. The molecule has 0 aromatic heterocycles. The molecule has 4 nitrogen and oxygen atoms in total. The lowest BCUT2D eigenvalue weighted by Crippen LogP contribution is -2.52. The van der Waals surface area contributed by atoms with Gasteiger partial charge >= 0.3 is 6.18 Å². The highest BCUT2D eigenvalue weighted by Gasteiger charge is 2.40. The Bertz CT molecular complexity index is 223. The van der Waals surface area contributed by atoms with Crippen LogP contribution in [0.5, 0.6) is 0 Å². The van der Waals surface area contributed by atoms with E-state index in [0.29, 0.717) is 19.7 Å². The van der Waals surface area contributed by atoms with Crippen LogP contribution in [0.3, 0.4) is 0 Å². The highest BCUT2D eigenvalue weighted by Crippen LogP contribution is 2.21. The fraction of sp³-hybridized carbons (Fsp3) is 1.00. The van der Waals surface area contributed by atoms with Crippen LogP contribution in [-0.4, -0.2) is 60.7 Å². The first-order valence-corrected chi connectivity index (χ1v) is 5.15. The van der Waals surface area contributed by atoms with Crippen molar-refractivity contribution in [3.63, 3.8) is 0 Å². The van der Waals surface area contributed by atoms with Crippen molar-refractivity contribution in [3.8, 4) is 0 Å². The predicted molar refractivity (Wildman–Crippen MR) is 51.9 cm³/mol. The highest BCUT2D eigenvalue weighted by molar-refractivity contribution is 4.80. The normalized spacial score (nSPS) is 27.8. The number of halogens is 3. The molecule has 1 rings (SSSR count). The van der Waals surface area contributed by atoms with Gasteiger partial charge in [-0.15, -0.1) is 0 Å². The Morgan fingerprint density at radius 2 is 2.19 bits per heavy atom. The summed E-state index contributed by atoms with van der Waals surface area (Å²) < 4.78 is 41.7. The van der Waals surface area contributed by atoms with Crippen LogP contribution in [0.2, 0.25) is 0 Å². The molecule has 1 saturated heterocycles. The van der Waals surface area contributed by atoms with Gasteiger partial charge in [0.2, 0.25) is 0 Å². The molecule has 0 radical (unpaired) electrons. The van der Waals surface area contributed by atoms with Crippen LogP contribution < -0.4 is 5.73 Å². The average molecular weight is 242 g/mol. The summed E-state index contributed by atoms with van der Waals surface area (Å²) in [5.74, 6) is 0. The Hall–Kier alpha value is -0.370. The molecule has 3 atom stereocenters. The minimum atomic E-state index is -4.57. The SMILES string of the molecule is CC(N)C1CN(CC(O)C(F)(F)F)CCO1. The third kappa shape index (κ3) is 3.89. The van der Waals surface area contributed by atoms with Crippen LogP contribution >= 0.6 is 0 Å². The molecule has 3 N–H and O–H groups in total. The molecule has 1 aliphatic rings. The molecular weight excluding hydrogens is 225 g/mol. The molecule has 0 amide bonds. The average Bonchev–Trinajstić information content (AvgIpc) is 2.16. The second-order valence-corrected chi connectivity index (χ2v) is 4.09. The third-order valence-corrected chi connectivity index (χ3v) is 2.57. The first-order chi connectivity index (χ1) is 7.30. The van der Waals surface area contributed by atoms with E-state index in [1.54, 1.807) is 6.92 Å². The molecule has 96 valence electrons. The number of rotatable bonds is 3. The van der Waals surface area contributed by atoms with Gasteiger partial charge in [0, 0.05) is 25.7 Å². The summed E-state index contributed by atoms with van der Waals surface area (Å²) >= 11 is 0. The quantitative estimate of drug-likeness (QED) is 0.729. The molecule has 0 aromatic carbocycles. The number of aliphatic hydroxyl groups excluding tert-OH is 1. The lowest BCUT2D eigenvalue weighted by Gasteiger charge is -2.35. The van der Waals surface area contributed by atoms with Gasteiger partial charge in [0.1, 0.15) is 0 Å². The minimum Gasteiger partial charge on any atom is -0.382 e. The number of ether oxygens (including phenoxy) is 1. The fourth-order valence-electron chi connectivity index (χ4n) is 1.56. The topological polar surface area (TPSA) is 58.7 Å². The van der Waals surface area contributed by atoms with E-state index in [9.17, 15) is 13.2 Å². The molecule has 0 spiro atoms. The maximum atomic E-state index is 12.1. The van der Waals surface area contributed by atoms with Crippen molar-refractivity contribution in [2.75, 3.05) is 26.2 Å². The largest absolute Gasteiger partial charge is 0.415 e. The first-order valence-electron chi connectivity index (χ1n) is 5.15. The van der Waals surface area contributed by atoms with Gasteiger partial charge in [-0.05, 0) is 6.92 Å². The van der Waals surface area contributed by atoms with E-state index in [4.69, 9.17) is 15.6 Å². The molecule has 1 heterocycles. The lowest BCUT2D eigenvalue weighted by molar-refractivity contribution is -0.211. The van der Waals surface area contributed by atoms with E-state index in [0.717, 1.165) is 0 Å². The predicted octanol–water partition coefficient (Wildman–Crippen LogP) is -0.0424. The Balaban J connectivity index is 2.43. The summed E-state index contributed by atoms with van der Waals surface area (Å²) in [5, 5.41) is 8.92. The van der Waals surface area contributed by atoms with Crippen LogP contribution in [0, 0.1) is 0 Å². The number of nitrogens with two attached hydrogens (primary N) is 1. The summed E-state index contributed by atoms with van der Waals surface area (Å²) in [5.41, 5.74) is 5.61. The molecule has 16 heavy (non-hydrogen) atoms. The number of alkyl halides is 3. The van der Waals surface area contributed by atoms with Gasteiger partial charge in [-0.1, -0.05) is 0 Å². The van der Waals surface area contributed by atoms with Crippen molar-refractivity contribution in [2.24, 2.45) is 5.73 Å². The van der Waals surface area contributed by atoms with E-state index in [1.165, 1.54) is 4.90 Å². The van der Waals surface area contributed by atoms with Gasteiger partial charge in [-0.3, -0.25) is 4.90 Å². The zero-order valence-electron chi connectivity index (χ0n) is 9.07. The molecule has 7 heteroatoms. The Morgan fingerprint density at radius 3 is 2.69 bits per heavy atom. The fourth-order valence-corrected chi connectivity index (χ4v) is 1.56. The van der Waals surface area contributed by atoms with E-state index in [-0.39, 0.29) is 12.1 Å². The maximum Gasteiger partial charge on any atom is 0.415 e. The zero-order chi connectivity index (χ0) is 12.3. The highest BCUT2D eigenvalue weighted by atomic mass is 19.4.